The van der Waals surface area contributed by atoms with Crippen LogP contribution in [0.1, 0.15) is 23.9 Å². The highest BCUT2D eigenvalue weighted by Gasteiger charge is 2.35. The van der Waals surface area contributed by atoms with Crippen molar-refractivity contribution in [3.05, 3.63) is 65.0 Å². The normalized spacial score (nSPS) is 19.3. The zero-order chi connectivity index (χ0) is 20.4. The number of nitrogens with zero attached hydrogens (tertiary/aromatic N) is 3. The summed E-state index contributed by atoms with van der Waals surface area (Å²) < 4.78 is 5.52. The number of aryl methyl sites for hydroxylation is 1. The van der Waals surface area contributed by atoms with Crippen LogP contribution in [0, 0.1) is 6.92 Å². The summed E-state index contributed by atoms with van der Waals surface area (Å²) in [5.74, 6) is 1.13. The Morgan fingerprint density at radius 3 is 2.62 bits per heavy atom. The lowest BCUT2D eigenvalue weighted by Gasteiger charge is -2.14. The molecule has 1 fully saturated rings. The van der Waals surface area contributed by atoms with Gasteiger partial charge in [0.15, 0.2) is 0 Å². The number of hydrogen-bond donors (Lipinski definition) is 2. The van der Waals surface area contributed by atoms with E-state index in [9.17, 15) is 4.79 Å². The summed E-state index contributed by atoms with van der Waals surface area (Å²) in [6, 6.07) is 14.7. The molecule has 0 spiro atoms. The molecule has 2 aromatic carbocycles. The average molecular weight is 412 g/mol. The van der Waals surface area contributed by atoms with Gasteiger partial charge in [0, 0.05) is 28.9 Å². The van der Waals surface area contributed by atoms with Crippen LogP contribution in [0.15, 0.2) is 53.1 Å². The van der Waals surface area contributed by atoms with Gasteiger partial charge in [0.1, 0.15) is 0 Å². The first kappa shape index (κ1) is 19.4. The van der Waals surface area contributed by atoms with E-state index < -0.39 is 0 Å². The van der Waals surface area contributed by atoms with Gasteiger partial charge in [0.2, 0.25) is 11.7 Å². The fourth-order valence-electron chi connectivity index (χ4n) is 3.47. The summed E-state index contributed by atoms with van der Waals surface area (Å²) >= 11 is 5.87. The van der Waals surface area contributed by atoms with Gasteiger partial charge in [-0.25, -0.2) is 4.79 Å². The SMILES string of the molecule is Cc1ccc(-c2noc([C@@H]3C[C@H](NC(=O)Nc4ccc(Cl)cc4)CN3C)n2)cc1. The lowest BCUT2D eigenvalue weighted by Crippen LogP contribution is -2.39. The van der Waals surface area contributed by atoms with Gasteiger partial charge in [-0.05, 0) is 44.7 Å². The highest BCUT2D eigenvalue weighted by molar-refractivity contribution is 6.30. The molecule has 3 aromatic rings. The zero-order valence-electron chi connectivity index (χ0n) is 16.2. The van der Waals surface area contributed by atoms with E-state index in [1.54, 1.807) is 24.3 Å². The van der Waals surface area contributed by atoms with Gasteiger partial charge in [-0.1, -0.05) is 46.6 Å². The van der Waals surface area contributed by atoms with Crippen molar-refractivity contribution in [3.8, 4) is 11.4 Å². The van der Waals surface area contributed by atoms with Crippen molar-refractivity contribution in [2.45, 2.75) is 25.4 Å². The van der Waals surface area contributed by atoms with Gasteiger partial charge in [-0.3, -0.25) is 4.90 Å². The largest absolute Gasteiger partial charge is 0.337 e. The fourth-order valence-corrected chi connectivity index (χ4v) is 3.59. The minimum absolute atomic E-state index is 0.0213. The van der Waals surface area contributed by atoms with E-state index in [-0.39, 0.29) is 18.1 Å². The molecule has 2 amide bonds. The molecule has 2 atom stereocenters. The number of rotatable bonds is 4. The number of nitrogens with one attached hydrogen (secondary N) is 2. The van der Waals surface area contributed by atoms with E-state index in [0.29, 0.717) is 35.4 Å². The Morgan fingerprint density at radius 2 is 1.90 bits per heavy atom. The number of halogens is 1. The number of carbonyl (C=O) groups is 1. The number of likely N-dealkylation sites (tertiary alicyclic amines) is 1. The zero-order valence-corrected chi connectivity index (χ0v) is 17.0. The topological polar surface area (TPSA) is 83.3 Å². The van der Waals surface area contributed by atoms with Crippen molar-refractivity contribution in [3.63, 3.8) is 0 Å². The van der Waals surface area contributed by atoms with Crippen molar-refractivity contribution in [2.75, 3.05) is 18.9 Å². The van der Waals surface area contributed by atoms with Gasteiger partial charge in [-0.2, -0.15) is 4.98 Å². The Bertz CT molecular complexity index is 987. The maximum atomic E-state index is 12.3. The summed E-state index contributed by atoms with van der Waals surface area (Å²) in [7, 11) is 1.99. The summed E-state index contributed by atoms with van der Waals surface area (Å²) in [5.41, 5.74) is 2.79. The third-order valence-corrected chi connectivity index (χ3v) is 5.27. The predicted molar refractivity (Wildman–Crippen MR) is 112 cm³/mol. The molecule has 1 saturated heterocycles. The molecule has 0 unspecified atom stereocenters. The molecule has 150 valence electrons. The van der Waals surface area contributed by atoms with Gasteiger partial charge < -0.3 is 15.2 Å². The van der Waals surface area contributed by atoms with Crippen LogP contribution < -0.4 is 10.6 Å². The molecule has 1 aliphatic heterocycles. The number of urea groups is 1. The number of hydrogen-bond acceptors (Lipinski definition) is 5. The number of likely N-dealkylation sites (N-methyl/N-ethyl adjacent to an activating group) is 1. The van der Waals surface area contributed by atoms with Gasteiger partial charge in [0.05, 0.1) is 6.04 Å². The molecule has 2 heterocycles. The number of carbonyl (C=O) groups excluding carboxylic acids is 1. The van der Waals surface area contributed by atoms with Gasteiger partial charge >= 0.3 is 6.03 Å². The molecule has 0 radical (unpaired) electrons. The van der Waals surface area contributed by atoms with Crippen LogP contribution in [-0.2, 0) is 0 Å². The van der Waals surface area contributed by atoms with Crippen LogP contribution in [0.4, 0.5) is 10.5 Å². The Labute approximate surface area is 174 Å². The molecule has 7 nitrogen and oxygen atoms in total. The van der Waals surface area contributed by atoms with Gasteiger partial charge in [0.25, 0.3) is 0 Å². The quantitative estimate of drug-likeness (QED) is 0.670. The second-order valence-electron chi connectivity index (χ2n) is 7.32. The van der Waals surface area contributed by atoms with Crippen LogP contribution in [0.3, 0.4) is 0 Å². The van der Waals surface area contributed by atoms with Crippen molar-refractivity contribution in [2.24, 2.45) is 0 Å². The van der Waals surface area contributed by atoms with Crippen molar-refractivity contribution >= 4 is 23.3 Å². The van der Waals surface area contributed by atoms with E-state index in [2.05, 4.69) is 25.7 Å². The van der Waals surface area contributed by atoms with Crippen LogP contribution in [0.5, 0.6) is 0 Å². The van der Waals surface area contributed by atoms with E-state index >= 15 is 0 Å². The molecule has 1 aromatic heterocycles. The minimum atomic E-state index is -0.253. The lowest BCUT2D eigenvalue weighted by molar-refractivity contribution is 0.243. The molecule has 0 aliphatic carbocycles. The smallest absolute Gasteiger partial charge is 0.319 e. The molecular weight excluding hydrogens is 390 g/mol. The number of amides is 2. The molecular formula is C21H22ClN5O2. The Kier molecular flexibility index (Phi) is 5.51. The summed E-state index contributed by atoms with van der Waals surface area (Å²) in [6.45, 7) is 2.73. The van der Waals surface area contributed by atoms with Crippen molar-refractivity contribution in [1.29, 1.82) is 0 Å². The van der Waals surface area contributed by atoms with Crippen LogP contribution >= 0.6 is 11.6 Å². The lowest BCUT2D eigenvalue weighted by atomic mass is 10.1. The maximum absolute atomic E-state index is 12.3. The predicted octanol–water partition coefficient (Wildman–Crippen LogP) is 4.27. The first-order valence-corrected chi connectivity index (χ1v) is 9.80. The molecule has 8 heteroatoms. The molecule has 0 saturated carbocycles. The third kappa shape index (κ3) is 4.58. The highest BCUT2D eigenvalue weighted by Crippen LogP contribution is 2.31. The minimum Gasteiger partial charge on any atom is -0.337 e. The first-order valence-electron chi connectivity index (χ1n) is 9.42. The molecule has 2 N–H and O–H groups in total. The number of anilines is 1. The van der Waals surface area contributed by atoms with Crippen molar-refractivity contribution in [1.82, 2.24) is 20.4 Å². The first-order chi connectivity index (χ1) is 14.0. The highest BCUT2D eigenvalue weighted by atomic mass is 35.5. The summed E-state index contributed by atoms with van der Waals surface area (Å²) in [4.78, 5) is 19.0. The monoisotopic (exact) mass is 411 g/mol. The summed E-state index contributed by atoms with van der Waals surface area (Å²) in [5, 5.41) is 10.6. The van der Waals surface area contributed by atoms with E-state index in [1.165, 1.54) is 5.56 Å². The average Bonchev–Trinajstić information content (AvgIpc) is 3.31. The van der Waals surface area contributed by atoms with E-state index in [4.69, 9.17) is 16.1 Å². The van der Waals surface area contributed by atoms with Crippen LogP contribution in [0.2, 0.25) is 5.02 Å². The van der Waals surface area contributed by atoms with Crippen LogP contribution in [0.25, 0.3) is 11.4 Å². The Balaban J connectivity index is 1.38. The Hall–Kier alpha value is -2.90. The second kappa shape index (κ2) is 8.23. The molecule has 29 heavy (non-hydrogen) atoms. The maximum Gasteiger partial charge on any atom is 0.319 e. The van der Waals surface area contributed by atoms with Gasteiger partial charge in [-0.15, -0.1) is 0 Å². The number of benzene rings is 2. The molecule has 0 bridgehead atoms. The molecule has 1 aliphatic rings. The van der Waals surface area contributed by atoms with E-state index in [0.717, 1.165) is 5.56 Å². The standard InChI is InChI=1S/C21H22ClN5O2/c1-13-3-5-14(6-4-13)19-25-20(29-26-19)18-11-17(12-27(18)2)24-21(28)23-16-9-7-15(22)8-10-16/h3-10,17-18H,11-12H2,1-2H3,(H2,23,24,28)/t17-,18-/m0/s1. The summed E-state index contributed by atoms with van der Waals surface area (Å²) in [6.07, 6.45) is 0.695. The fraction of sp³-hybridized carbons (Fsp3) is 0.286. The Morgan fingerprint density at radius 1 is 1.17 bits per heavy atom. The second-order valence-corrected chi connectivity index (χ2v) is 7.75. The number of aromatic nitrogens is 2. The molecule has 4 rings (SSSR count). The van der Waals surface area contributed by atoms with E-state index in [1.807, 2.05) is 38.2 Å². The van der Waals surface area contributed by atoms with Crippen LogP contribution in [-0.4, -0.2) is 40.7 Å². The van der Waals surface area contributed by atoms with Crippen molar-refractivity contribution < 1.29 is 9.32 Å². The third-order valence-electron chi connectivity index (χ3n) is 5.02.